The van der Waals surface area contributed by atoms with Crippen LogP contribution in [0.15, 0.2) is 60.7 Å². The molecular weight excluding hydrogens is 380 g/mol. The molecule has 0 fully saturated rings. The fourth-order valence-electron chi connectivity index (χ4n) is 2.72. The van der Waals surface area contributed by atoms with Gasteiger partial charge in [0.2, 0.25) is 5.88 Å². The summed E-state index contributed by atoms with van der Waals surface area (Å²) >= 11 is 0. The fraction of sp³-hybridized carbons (Fsp3) is 0.100. The van der Waals surface area contributed by atoms with Gasteiger partial charge in [0, 0.05) is 11.6 Å². The average molecular weight is 395 g/mol. The number of amides is 1. The highest BCUT2D eigenvalue weighted by molar-refractivity contribution is 5.94. The van der Waals surface area contributed by atoms with Crippen molar-refractivity contribution in [1.82, 2.24) is 25.1 Å². The summed E-state index contributed by atoms with van der Waals surface area (Å²) in [5.41, 5.74) is 0.972. The van der Waals surface area contributed by atoms with Gasteiger partial charge < -0.3 is 10.1 Å². The summed E-state index contributed by atoms with van der Waals surface area (Å²) in [6.45, 7) is 0.280. The van der Waals surface area contributed by atoms with Crippen LogP contribution in [0.4, 0.5) is 8.78 Å². The largest absolute Gasteiger partial charge is 0.475 e. The monoisotopic (exact) mass is 395 g/mol. The van der Waals surface area contributed by atoms with E-state index in [2.05, 4.69) is 20.6 Å². The zero-order valence-electron chi connectivity index (χ0n) is 15.0. The maximum absolute atomic E-state index is 13.6. The average Bonchev–Trinajstić information content (AvgIpc) is 3.15. The molecule has 0 unspecified atom stereocenters. The predicted octanol–water partition coefficient (Wildman–Crippen LogP) is 2.88. The number of nitrogens with one attached hydrogen (secondary N) is 1. The highest BCUT2D eigenvalue weighted by Gasteiger charge is 2.12. The van der Waals surface area contributed by atoms with Crippen molar-refractivity contribution < 1.29 is 18.3 Å². The second-order valence-corrected chi connectivity index (χ2v) is 6.06. The molecule has 2 aromatic heterocycles. The smallest absolute Gasteiger partial charge is 0.254 e. The molecule has 146 valence electrons. The fourth-order valence-corrected chi connectivity index (χ4v) is 2.72. The van der Waals surface area contributed by atoms with Crippen LogP contribution in [0.3, 0.4) is 0 Å². The third-order valence-corrected chi connectivity index (χ3v) is 4.08. The Morgan fingerprint density at radius 3 is 2.72 bits per heavy atom. The predicted molar refractivity (Wildman–Crippen MR) is 100 cm³/mol. The Kier molecular flexibility index (Phi) is 5.10. The summed E-state index contributed by atoms with van der Waals surface area (Å²) in [6.07, 6.45) is 0. The number of nitrogens with zero attached hydrogens (tertiary/aromatic N) is 4. The lowest BCUT2D eigenvalue weighted by Gasteiger charge is -2.08. The van der Waals surface area contributed by atoms with Gasteiger partial charge in [0.15, 0.2) is 11.5 Å². The SMILES string of the molecule is O=C(NCCOc1ccc2nnc(-c3cccc(F)c3)n2n1)c1ccccc1F. The Balaban J connectivity index is 1.42. The van der Waals surface area contributed by atoms with E-state index < -0.39 is 17.5 Å². The minimum atomic E-state index is -0.587. The Bertz CT molecular complexity index is 1180. The Morgan fingerprint density at radius 1 is 1.03 bits per heavy atom. The minimum absolute atomic E-state index is 0.0312. The van der Waals surface area contributed by atoms with Crippen molar-refractivity contribution in [2.45, 2.75) is 0 Å². The van der Waals surface area contributed by atoms with Gasteiger partial charge in [-0.2, -0.15) is 4.52 Å². The summed E-state index contributed by atoms with van der Waals surface area (Å²) in [5, 5.41) is 14.9. The van der Waals surface area contributed by atoms with E-state index in [1.165, 1.54) is 34.8 Å². The van der Waals surface area contributed by atoms with Crippen molar-refractivity contribution in [3.8, 4) is 17.3 Å². The minimum Gasteiger partial charge on any atom is -0.475 e. The highest BCUT2D eigenvalue weighted by Crippen LogP contribution is 2.19. The van der Waals surface area contributed by atoms with Crippen LogP contribution in [0, 0.1) is 11.6 Å². The molecule has 29 heavy (non-hydrogen) atoms. The molecule has 0 aliphatic carbocycles. The summed E-state index contributed by atoms with van der Waals surface area (Å²) in [5.74, 6) is -0.858. The third kappa shape index (κ3) is 4.03. The van der Waals surface area contributed by atoms with E-state index in [-0.39, 0.29) is 24.6 Å². The van der Waals surface area contributed by atoms with E-state index in [4.69, 9.17) is 4.74 Å². The first kappa shape index (κ1) is 18.5. The first-order valence-electron chi connectivity index (χ1n) is 8.76. The Hall–Kier alpha value is -3.88. The quantitative estimate of drug-likeness (QED) is 0.508. The zero-order valence-corrected chi connectivity index (χ0v) is 15.0. The first-order valence-corrected chi connectivity index (χ1v) is 8.76. The van der Waals surface area contributed by atoms with Crippen molar-refractivity contribution in [2.75, 3.05) is 13.2 Å². The number of hydrogen-bond acceptors (Lipinski definition) is 5. The van der Waals surface area contributed by atoms with Gasteiger partial charge in [-0.1, -0.05) is 24.3 Å². The van der Waals surface area contributed by atoms with Crippen molar-refractivity contribution in [2.24, 2.45) is 0 Å². The Morgan fingerprint density at radius 2 is 1.90 bits per heavy atom. The van der Waals surface area contributed by atoms with Gasteiger partial charge in [-0.25, -0.2) is 8.78 Å². The molecule has 4 rings (SSSR count). The van der Waals surface area contributed by atoms with Gasteiger partial charge in [0.05, 0.1) is 12.1 Å². The van der Waals surface area contributed by atoms with Crippen LogP contribution in [0.1, 0.15) is 10.4 Å². The zero-order chi connectivity index (χ0) is 20.2. The van der Waals surface area contributed by atoms with E-state index in [0.717, 1.165) is 0 Å². The molecule has 9 heteroatoms. The number of carbonyl (C=O) groups excluding carboxylic acids is 1. The summed E-state index contributed by atoms with van der Waals surface area (Å²) < 4.78 is 34.1. The number of aromatic nitrogens is 4. The third-order valence-electron chi connectivity index (χ3n) is 4.08. The van der Waals surface area contributed by atoms with Crippen LogP contribution in [0.2, 0.25) is 0 Å². The molecule has 1 amide bonds. The topological polar surface area (TPSA) is 81.4 Å². The van der Waals surface area contributed by atoms with Crippen molar-refractivity contribution >= 4 is 11.6 Å². The number of halogens is 2. The first-order chi connectivity index (χ1) is 14.1. The Labute approximate surface area is 164 Å². The van der Waals surface area contributed by atoms with E-state index in [9.17, 15) is 13.6 Å². The highest BCUT2D eigenvalue weighted by atomic mass is 19.1. The molecule has 4 aromatic rings. The normalized spacial score (nSPS) is 10.8. The second-order valence-electron chi connectivity index (χ2n) is 6.06. The van der Waals surface area contributed by atoms with Crippen LogP contribution < -0.4 is 10.1 Å². The van der Waals surface area contributed by atoms with Crippen molar-refractivity contribution in [3.63, 3.8) is 0 Å². The molecule has 2 heterocycles. The number of ether oxygens (including phenoxy) is 1. The van der Waals surface area contributed by atoms with Crippen LogP contribution >= 0.6 is 0 Å². The number of hydrogen-bond donors (Lipinski definition) is 1. The number of benzene rings is 2. The summed E-state index contributed by atoms with van der Waals surface area (Å²) in [7, 11) is 0. The molecule has 1 N–H and O–H groups in total. The maximum atomic E-state index is 13.6. The molecule has 0 saturated heterocycles. The van der Waals surface area contributed by atoms with Crippen LogP contribution in [-0.4, -0.2) is 38.9 Å². The van der Waals surface area contributed by atoms with E-state index in [1.54, 1.807) is 30.3 Å². The van der Waals surface area contributed by atoms with Crippen LogP contribution in [0.5, 0.6) is 5.88 Å². The lowest BCUT2D eigenvalue weighted by atomic mass is 10.2. The number of rotatable bonds is 6. The van der Waals surface area contributed by atoms with E-state index in [0.29, 0.717) is 17.0 Å². The molecule has 0 aliphatic rings. The molecule has 0 aliphatic heterocycles. The molecule has 2 aromatic carbocycles. The lowest BCUT2D eigenvalue weighted by Crippen LogP contribution is -2.28. The van der Waals surface area contributed by atoms with Gasteiger partial charge in [0.25, 0.3) is 5.91 Å². The lowest BCUT2D eigenvalue weighted by molar-refractivity contribution is 0.0942. The van der Waals surface area contributed by atoms with Crippen molar-refractivity contribution in [1.29, 1.82) is 0 Å². The van der Waals surface area contributed by atoms with E-state index >= 15 is 0 Å². The summed E-state index contributed by atoms with van der Waals surface area (Å²) in [6, 6.07) is 14.9. The molecule has 0 spiro atoms. The number of carbonyl (C=O) groups is 1. The van der Waals surface area contributed by atoms with E-state index in [1.807, 2.05) is 0 Å². The van der Waals surface area contributed by atoms with Gasteiger partial charge in [-0.05, 0) is 30.3 Å². The molecule has 0 saturated carbocycles. The molecular formula is C20H15F2N5O2. The van der Waals surface area contributed by atoms with Gasteiger partial charge in [-0.3, -0.25) is 4.79 Å². The molecule has 0 atom stereocenters. The van der Waals surface area contributed by atoms with Crippen LogP contribution in [-0.2, 0) is 0 Å². The van der Waals surface area contributed by atoms with Gasteiger partial charge in [-0.15, -0.1) is 15.3 Å². The van der Waals surface area contributed by atoms with Crippen LogP contribution in [0.25, 0.3) is 17.0 Å². The second kappa shape index (κ2) is 8.01. The standard InChI is InChI=1S/C20H15F2N5O2/c21-14-5-3-4-13(12-14)19-25-24-17-8-9-18(26-27(17)19)29-11-10-23-20(28)15-6-1-2-7-16(15)22/h1-9,12H,10-11H2,(H,23,28). The number of fused-ring (bicyclic) bond motifs is 1. The summed E-state index contributed by atoms with van der Waals surface area (Å²) in [4.78, 5) is 12.0. The van der Waals surface area contributed by atoms with Gasteiger partial charge in [0.1, 0.15) is 18.2 Å². The van der Waals surface area contributed by atoms with Crippen molar-refractivity contribution in [3.05, 3.63) is 77.9 Å². The molecule has 0 bridgehead atoms. The maximum Gasteiger partial charge on any atom is 0.254 e. The molecule has 0 radical (unpaired) electrons. The molecule has 7 nitrogen and oxygen atoms in total. The van der Waals surface area contributed by atoms with Gasteiger partial charge >= 0.3 is 0 Å².